The van der Waals surface area contributed by atoms with Gasteiger partial charge < -0.3 is 20.1 Å². The number of carbonyl (C=O) groups excluding carboxylic acids is 1. The summed E-state index contributed by atoms with van der Waals surface area (Å²) in [5.74, 6) is 1.33. The summed E-state index contributed by atoms with van der Waals surface area (Å²) in [4.78, 5) is 23.7. The lowest BCUT2D eigenvalue weighted by Gasteiger charge is -2.44. The van der Waals surface area contributed by atoms with Gasteiger partial charge in [0.05, 0.1) is 12.6 Å². The van der Waals surface area contributed by atoms with Gasteiger partial charge in [-0.2, -0.15) is 5.10 Å². The predicted octanol–water partition coefficient (Wildman–Crippen LogP) is 1.66. The van der Waals surface area contributed by atoms with Crippen molar-refractivity contribution in [1.29, 1.82) is 0 Å². The van der Waals surface area contributed by atoms with Gasteiger partial charge in [-0.15, -0.1) is 0 Å². The van der Waals surface area contributed by atoms with Crippen LogP contribution in [0.2, 0.25) is 0 Å². The number of piperidine rings is 3. The summed E-state index contributed by atoms with van der Waals surface area (Å²) in [5, 5.41) is 18.3. The molecular formula is C19H26N4O4. The smallest absolute Gasteiger partial charge is 0.290 e. The van der Waals surface area contributed by atoms with Gasteiger partial charge in [-0.1, -0.05) is 6.92 Å². The largest absolute Gasteiger partial charge is 0.496 e. The lowest BCUT2D eigenvalue weighted by Crippen LogP contribution is -2.57. The van der Waals surface area contributed by atoms with Crippen LogP contribution in [0, 0.1) is 5.92 Å². The van der Waals surface area contributed by atoms with Crippen LogP contribution in [0.25, 0.3) is 10.9 Å². The monoisotopic (exact) mass is 374 g/mol. The zero-order valence-electron chi connectivity index (χ0n) is 15.7. The molecule has 3 aliphatic rings. The summed E-state index contributed by atoms with van der Waals surface area (Å²) in [6, 6.07) is 4.09. The van der Waals surface area contributed by atoms with E-state index in [1.54, 1.807) is 7.11 Å². The minimum atomic E-state index is -0.250. The zero-order chi connectivity index (χ0) is 19.4. The van der Waals surface area contributed by atoms with E-state index in [1.807, 2.05) is 12.1 Å². The van der Waals surface area contributed by atoms with Crippen molar-refractivity contribution in [3.8, 4) is 5.75 Å². The molecule has 3 N–H and O–H groups in total. The molecule has 2 aromatic rings. The molecule has 5 rings (SSSR count). The van der Waals surface area contributed by atoms with Crippen molar-refractivity contribution in [2.45, 2.75) is 32.2 Å². The number of aromatic amines is 1. The van der Waals surface area contributed by atoms with E-state index in [4.69, 9.17) is 14.6 Å². The predicted molar refractivity (Wildman–Crippen MR) is 101 cm³/mol. The van der Waals surface area contributed by atoms with Crippen LogP contribution in [0.5, 0.6) is 5.75 Å². The number of amides is 1. The maximum Gasteiger partial charge on any atom is 0.290 e. The average Bonchev–Trinajstić information content (AvgIpc) is 3.13. The summed E-state index contributed by atoms with van der Waals surface area (Å²) in [6.07, 6.45) is 3.15. The molecule has 1 aromatic heterocycles. The molecule has 3 aliphatic heterocycles. The molecule has 1 atom stereocenters. The Balaban J connectivity index is 0.000000659. The Bertz CT molecular complexity index is 811. The molecule has 0 aliphatic carbocycles. The first-order valence-electron chi connectivity index (χ1n) is 9.27. The van der Waals surface area contributed by atoms with Crippen molar-refractivity contribution >= 4 is 23.3 Å². The number of hydrogen-bond acceptors (Lipinski definition) is 5. The van der Waals surface area contributed by atoms with Crippen molar-refractivity contribution in [2.24, 2.45) is 5.92 Å². The van der Waals surface area contributed by atoms with E-state index in [0.717, 1.165) is 35.2 Å². The summed E-state index contributed by atoms with van der Waals surface area (Å²) in [7, 11) is 1.66. The van der Waals surface area contributed by atoms with Gasteiger partial charge >= 0.3 is 0 Å². The molecule has 8 nitrogen and oxygen atoms in total. The number of H-pyrrole nitrogens is 1. The number of hydrogen-bond donors (Lipinski definition) is 3. The van der Waals surface area contributed by atoms with Gasteiger partial charge in [0.1, 0.15) is 5.75 Å². The second-order valence-electron chi connectivity index (χ2n) is 6.92. The van der Waals surface area contributed by atoms with Gasteiger partial charge in [0, 0.05) is 23.5 Å². The van der Waals surface area contributed by atoms with Crippen LogP contribution in [0.1, 0.15) is 35.8 Å². The van der Waals surface area contributed by atoms with Crippen molar-refractivity contribution in [2.75, 3.05) is 26.7 Å². The third-order valence-electron chi connectivity index (χ3n) is 5.56. The third kappa shape index (κ3) is 3.75. The number of carbonyl (C=O) groups is 2. The van der Waals surface area contributed by atoms with Crippen LogP contribution in [0.4, 0.5) is 0 Å². The summed E-state index contributed by atoms with van der Waals surface area (Å²) in [6.45, 7) is 5.11. The first kappa shape index (κ1) is 19.2. The minimum absolute atomic E-state index is 0.0806. The number of benzene rings is 1. The van der Waals surface area contributed by atoms with Crippen molar-refractivity contribution < 1.29 is 19.4 Å². The van der Waals surface area contributed by atoms with Crippen molar-refractivity contribution in [3.05, 3.63) is 23.4 Å². The molecule has 1 amide bonds. The van der Waals surface area contributed by atoms with Crippen LogP contribution in [-0.4, -0.2) is 65.4 Å². The Morgan fingerprint density at radius 1 is 1.44 bits per heavy atom. The number of nitrogens with zero attached hydrogens (tertiary/aromatic N) is 2. The molecule has 27 heavy (non-hydrogen) atoms. The van der Waals surface area contributed by atoms with Gasteiger partial charge in [-0.05, 0) is 50.4 Å². The number of ether oxygens (including phenoxy) is 1. The number of methoxy groups -OCH3 is 1. The minimum Gasteiger partial charge on any atom is -0.496 e. The van der Waals surface area contributed by atoms with Crippen molar-refractivity contribution in [3.63, 3.8) is 0 Å². The van der Waals surface area contributed by atoms with E-state index in [-0.39, 0.29) is 18.4 Å². The normalized spacial score (nSPS) is 23.4. The molecule has 1 aromatic carbocycles. The second-order valence-corrected chi connectivity index (χ2v) is 6.92. The first-order valence-corrected chi connectivity index (χ1v) is 9.27. The average molecular weight is 374 g/mol. The quantitative estimate of drug-likeness (QED) is 0.703. The van der Waals surface area contributed by atoms with Crippen LogP contribution >= 0.6 is 0 Å². The van der Waals surface area contributed by atoms with Gasteiger partial charge in [-0.25, -0.2) is 0 Å². The molecule has 8 heteroatoms. The number of rotatable bonds is 4. The van der Waals surface area contributed by atoms with Gasteiger partial charge in [0.15, 0.2) is 5.69 Å². The number of aryl methyl sites for hydroxylation is 1. The lowest BCUT2D eigenvalue weighted by molar-refractivity contribution is -0.122. The third-order valence-corrected chi connectivity index (χ3v) is 5.56. The van der Waals surface area contributed by atoms with E-state index < -0.39 is 0 Å². The van der Waals surface area contributed by atoms with E-state index in [2.05, 4.69) is 27.3 Å². The lowest BCUT2D eigenvalue weighted by atomic mass is 9.84. The molecule has 0 unspecified atom stereocenters. The highest BCUT2D eigenvalue weighted by Gasteiger charge is 2.35. The van der Waals surface area contributed by atoms with E-state index >= 15 is 0 Å². The fourth-order valence-corrected chi connectivity index (χ4v) is 4.24. The molecular weight excluding hydrogens is 348 g/mol. The van der Waals surface area contributed by atoms with E-state index in [1.165, 1.54) is 25.9 Å². The Morgan fingerprint density at radius 3 is 2.70 bits per heavy atom. The Morgan fingerprint density at radius 2 is 2.15 bits per heavy atom. The van der Waals surface area contributed by atoms with Crippen LogP contribution in [0.3, 0.4) is 0 Å². The van der Waals surface area contributed by atoms with E-state index in [0.29, 0.717) is 11.6 Å². The fourth-order valence-electron chi connectivity index (χ4n) is 4.24. The molecule has 146 valence electrons. The maximum absolute atomic E-state index is 12.9. The molecule has 3 fully saturated rings. The van der Waals surface area contributed by atoms with Gasteiger partial charge in [0.2, 0.25) is 0 Å². The fraction of sp³-hybridized carbons (Fsp3) is 0.526. The zero-order valence-corrected chi connectivity index (χ0v) is 15.7. The van der Waals surface area contributed by atoms with Crippen LogP contribution in [0.15, 0.2) is 12.1 Å². The van der Waals surface area contributed by atoms with Gasteiger partial charge in [0.25, 0.3) is 12.4 Å². The SMILES string of the molecule is CCc1c(OC)ccc2[nH]nc(C(=O)N[C@@H]3CN4CCC3CC4)c12.O=CO. The summed E-state index contributed by atoms with van der Waals surface area (Å²) in [5.41, 5.74) is 2.40. The Labute approximate surface area is 157 Å². The Hall–Kier alpha value is -2.61. The number of nitrogens with one attached hydrogen (secondary N) is 2. The van der Waals surface area contributed by atoms with Crippen molar-refractivity contribution in [1.82, 2.24) is 20.4 Å². The summed E-state index contributed by atoms with van der Waals surface area (Å²) < 4.78 is 5.46. The second kappa shape index (κ2) is 8.39. The van der Waals surface area contributed by atoms with Gasteiger partial charge in [-0.3, -0.25) is 14.7 Å². The van der Waals surface area contributed by atoms with Crippen LogP contribution in [-0.2, 0) is 11.2 Å². The molecule has 0 saturated carbocycles. The number of carboxylic acid groups (broad SMARTS) is 1. The maximum atomic E-state index is 12.9. The number of fused-ring (bicyclic) bond motifs is 4. The standard InChI is InChI=1S/C18H24N4O2.CH2O2/c1-3-12-15(24-2)5-4-13-16(12)17(21-20-13)18(23)19-14-10-22-8-6-11(14)7-9-22;2-1-3/h4-5,11,14H,3,6-10H2,1-2H3,(H,19,23)(H,20,21);1H,(H,2,3)/t14-;/m1./s1. The van der Waals surface area contributed by atoms with E-state index in [9.17, 15) is 4.79 Å². The Kier molecular flexibility index (Phi) is 5.95. The molecule has 3 saturated heterocycles. The topological polar surface area (TPSA) is 108 Å². The molecule has 0 spiro atoms. The highest BCUT2D eigenvalue weighted by atomic mass is 16.5. The highest BCUT2D eigenvalue weighted by Crippen LogP contribution is 2.31. The molecule has 0 radical (unpaired) electrons. The molecule has 2 bridgehead atoms. The van der Waals surface area contributed by atoms with Crippen LogP contribution < -0.4 is 10.1 Å². The molecule has 4 heterocycles. The number of aromatic nitrogens is 2. The first-order chi connectivity index (χ1) is 13.1. The summed E-state index contributed by atoms with van der Waals surface area (Å²) >= 11 is 0. The highest BCUT2D eigenvalue weighted by molar-refractivity contribution is 6.06.